The molecule has 2 aromatic rings. The van der Waals surface area contributed by atoms with Crippen molar-refractivity contribution in [3.63, 3.8) is 0 Å². The van der Waals surface area contributed by atoms with Crippen LogP contribution in [0.4, 0.5) is 13.2 Å². The summed E-state index contributed by atoms with van der Waals surface area (Å²) in [6.45, 7) is -0.416. The van der Waals surface area contributed by atoms with Crippen LogP contribution < -0.4 is 5.32 Å². The third kappa shape index (κ3) is 3.41. The Hall–Kier alpha value is -2.34. The largest absolute Gasteiger partial charge is 0.394 e. The molecule has 2 rings (SSSR count). The number of aliphatic hydroxyl groups is 1. The molecule has 1 unspecified atom stereocenters. The quantitative estimate of drug-likeness (QED) is 0.852. The van der Waals surface area contributed by atoms with Gasteiger partial charge in [-0.15, -0.1) is 0 Å². The summed E-state index contributed by atoms with van der Waals surface area (Å²) in [5, 5.41) is 11.7. The zero-order chi connectivity index (χ0) is 15.4. The molecule has 2 N–H and O–H groups in total. The number of rotatable bonds is 4. The lowest BCUT2D eigenvalue weighted by molar-refractivity contribution is 0.0911. The zero-order valence-corrected chi connectivity index (χ0v) is 10.8. The molecule has 0 spiro atoms. The first-order chi connectivity index (χ1) is 10.0. The minimum absolute atomic E-state index is 0.306. The summed E-state index contributed by atoms with van der Waals surface area (Å²) in [6, 6.07) is 8.54. The molecule has 0 radical (unpaired) electrons. The van der Waals surface area contributed by atoms with Crippen molar-refractivity contribution >= 4 is 5.91 Å². The number of carbonyl (C=O) groups excluding carboxylic acids is 1. The fourth-order valence-corrected chi connectivity index (χ4v) is 1.85. The van der Waals surface area contributed by atoms with Gasteiger partial charge in [-0.1, -0.05) is 30.3 Å². The maximum Gasteiger partial charge on any atom is 0.254 e. The maximum absolute atomic E-state index is 13.5. The molecule has 0 bridgehead atoms. The van der Waals surface area contributed by atoms with Gasteiger partial charge in [-0.25, -0.2) is 13.2 Å². The van der Waals surface area contributed by atoms with Crippen LogP contribution in [0.25, 0.3) is 0 Å². The second-order valence-corrected chi connectivity index (χ2v) is 4.37. The van der Waals surface area contributed by atoms with E-state index in [1.165, 1.54) is 0 Å². The average molecular weight is 295 g/mol. The maximum atomic E-state index is 13.5. The van der Waals surface area contributed by atoms with Gasteiger partial charge in [0.25, 0.3) is 5.91 Å². The molecule has 110 valence electrons. The molecule has 0 aromatic heterocycles. The van der Waals surface area contributed by atoms with Crippen molar-refractivity contribution in [2.24, 2.45) is 0 Å². The standard InChI is InChI=1S/C15H12F3NO2/c16-11-7-13(18)12(17)6-10(11)15(21)19-14(8-20)9-4-2-1-3-5-9/h1-7,14,20H,8H2,(H,19,21). The average Bonchev–Trinajstić information content (AvgIpc) is 2.49. The predicted molar refractivity (Wildman–Crippen MR) is 70.1 cm³/mol. The highest BCUT2D eigenvalue weighted by atomic mass is 19.2. The first-order valence-corrected chi connectivity index (χ1v) is 6.14. The van der Waals surface area contributed by atoms with E-state index < -0.39 is 41.6 Å². The first kappa shape index (κ1) is 15.1. The molecule has 21 heavy (non-hydrogen) atoms. The van der Waals surface area contributed by atoms with Crippen molar-refractivity contribution < 1.29 is 23.1 Å². The number of benzene rings is 2. The first-order valence-electron chi connectivity index (χ1n) is 6.14. The van der Waals surface area contributed by atoms with E-state index in [4.69, 9.17) is 0 Å². The minimum Gasteiger partial charge on any atom is -0.394 e. The summed E-state index contributed by atoms with van der Waals surface area (Å²) < 4.78 is 39.4. The Balaban J connectivity index is 2.23. The summed E-state index contributed by atoms with van der Waals surface area (Å²) in [7, 11) is 0. The Morgan fingerprint density at radius 1 is 1.05 bits per heavy atom. The molecular weight excluding hydrogens is 283 g/mol. The number of carbonyl (C=O) groups is 1. The SMILES string of the molecule is O=C(NC(CO)c1ccccc1)c1cc(F)c(F)cc1F. The Morgan fingerprint density at radius 2 is 1.67 bits per heavy atom. The topological polar surface area (TPSA) is 49.3 Å². The smallest absolute Gasteiger partial charge is 0.254 e. The predicted octanol–water partition coefficient (Wildman–Crippen LogP) is 2.57. The third-order valence-electron chi connectivity index (χ3n) is 2.94. The van der Waals surface area contributed by atoms with Crippen LogP contribution in [0.5, 0.6) is 0 Å². The number of aliphatic hydroxyl groups excluding tert-OH is 1. The van der Waals surface area contributed by atoms with Gasteiger partial charge in [-0.2, -0.15) is 0 Å². The van der Waals surface area contributed by atoms with E-state index in [0.717, 1.165) is 0 Å². The summed E-state index contributed by atoms with van der Waals surface area (Å²) in [5.41, 5.74) is -0.0142. The van der Waals surface area contributed by atoms with Gasteiger partial charge in [0.15, 0.2) is 11.6 Å². The van der Waals surface area contributed by atoms with Crippen LogP contribution >= 0.6 is 0 Å². The molecule has 1 atom stereocenters. The van der Waals surface area contributed by atoms with E-state index in [2.05, 4.69) is 5.32 Å². The molecule has 3 nitrogen and oxygen atoms in total. The van der Waals surface area contributed by atoms with Crippen LogP contribution in [-0.4, -0.2) is 17.6 Å². The lowest BCUT2D eigenvalue weighted by atomic mass is 10.1. The van der Waals surface area contributed by atoms with Crippen LogP contribution in [0, 0.1) is 17.5 Å². The molecular formula is C15H12F3NO2. The van der Waals surface area contributed by atoms with Gasteiger partial charge in [0.05, 0.1) is 18.2 Å². The molecule has 0 aliphatic heterocycles. The molecule has 6 heteroatoms. The van der Waals surface area contributed by atoms with E-state index in [0.29, 0.717) is 17.7 Å². The summed E-state index contributed by atoms with van der Waals surface area (Å²) >= 11 is 0. The van der Waals surface area contributed by atoms with E-state index in [1.807, 2.05) is 0 Å². The number of hydrogen-bond donors (Lipinski definition) is 2. The van der Waals surface area contributed by atoms with Crippen LogP contribution in [0.2, 0.25) is 0 Å². The number of nitrogens with one attached hydrogen (secondary N) is 1. The van der Waals surface area contributed by atoms with Gasteiger partial charge < -0.3 is 10.4 Å². The molecule has 1 amide bonds. The Morgan fingerprint density at radius 3 is 2.29 bits per heavy atom. The summed E-state index contributed by atoms with van der Waals surface area (Å²) in [6.07, 6.45) is 0. The van der Waals surface area contributed by atoms with Gasteiger partial charge in [0, 0.05) is 6.07 Å². The molecule has 0 heterocycles. The van der Waals surface area contributed by atoms with E-state index >= 15 is 0 Å². The third-order valence-corrected chi connectivity index (χ3v) is 2.94. The van der Waals surface area contributed by atoms with Gasteiger partial charge >= 0.3 is 0 Å². The van der Waals surface area contributed by atoms with Crippen LogP contribution in [0.1, 0.15) is 22.0 Å². The number of amides is 1. The highest BCUT2D eigenvalue weighted by Crippen LogP contribution is 2.16. The highest BCUT2D eigenvalue weighted by Gasteiger charge is 2.19. The monoisotopic (exact) mass is 295 g/mol. The zero-order valence-electron chi connectivity index (χ0n) is 10.8. The molecule has 0 aliphatic rings. The Kier molecular flexibility index (Phi) is 4.59. The number of halogens is 3. The second-order valence-electron chi connectivity index (χ2n) is 4.37. The lowest BCUT2D eigenvalue weighted by Gasteiger charge is -2.17. The lowest BCUT2D eigenvalue weighted by Crippen LogP contribution is -2.31. The summed E-state index contributed by atoms with van der Waals surface area (Å²) in [5.74, 6) is -4.79. The van der Waals surface area contributed by atoms with Gasteiger partial charge in [0.1, 0.15) is 5.82 Å². The van der Waals surface area contributed by atoms with Crippen molar-refractivity contribution in [3.05, 3.63) is 71.0 Å². The van der Waals surface area contributed by atoms with Gasteiger partial charge in [0.2, 0.25) is 0 Å². The summed E-state index contributed by atoms with van der Waals surface area (Å²) in [4.78, 5) is 11.9. The molecule has 0 fully saturated rings. The number of hydrogen-bond acceptors (Lipinski definition) is 2. The van der Waals surface area contributed by atoms with E-state index in [9.17, 15) is 23.1 Å². The van der Waals surface area contributed by atoms with Gasteiger partial charge in [-0.05, 0) is 11.6 Å². The van der Waals surface area contributed by atoms with Crippen LogP contribution in [0.15, 0.2) is 42.5 Å². The van der Waals surface area contributed by atoms with Crippen LogP contribution in [0.3, 0.4) is 0 Å². The second kappa shape index (κ2) is 6.41. The Bertz CT molecular complexity index is 647. The highest BCUT2D eigenvalue weighted by molar-refractivity contribution is 5.94. The molecule has 0 aliphatic carbocycles. The van der Waals surface area contributed by atoms with Gasteiger partial charge in [-0.3, -0.25) is 4.79 Å². The van der Waals surface area contributed by atoms with Crippen molar-refractivity contribution in [3.8, 4) is 0 Å². The van der Waals surface area contributed by atoms with Crippen molar-refractivity contribution in [2.45, 2.75) is 6.04 Å². The van der Waals surface area contributed by atoms with Crippen LogP contribution in [-0.2, 0) is 0 Å². The molecule has 0 saturated heterocycles. The van der Waals surface area contributed by atoms with E-state index in [1.54, 1.807) is 30.3 Å². The fraction of sp³-hybridized carbons (Fsp3) is 0.133. The van der Waals surface area contributed by atoms with E-state index in [-0.39, 0.29) is 0 Å². The van der Waals surface area contributed by atoms with Crippen molar-refractivity contribution in [1.82, 2.24) is 5.32 Å². The minimum atomic E-state index is -1.37. The Labute approximate surface area is 119 Å². The fourth-order valence-electron chi connectivity index (χ4n) is 1.85. The molecule has 0 saturated carbocycles. The van der Waals surface area contributed by atoms with Crippen molar-refractivity contribution in [1.29, 1.82) is 0 Å². The normalized spacial score (nSPS) is 12.0. The van der Waals surface area contributed by atoms with Crippen molar-refractivity contribution in [2.75, 3.05) is 6.61 Å². The molecule has 2 aromatic carbocycles.